The Balaban J connectivity index is 1.74. The minimum absolute atomic E-state index is 0.0626. The first-order valence-corrected chi connectivity index (χ1v) is 9.27. The number of amides is 3. The van der Waals surface area contributed by atoms with Gasteiger partial charge in [0.15, 0.2) is 0 Å². The number of benzene rings is 2. The lowest BCUT2D eigenvalue weighted by molar-refractivity contribution is -0.119. The van der Waals surface area contributed by atoms with E-state index in [0.717, 1.165) is 0 Å². The summed E-state index contributed by atoms with van der Waals surface area (Å²) in [6.45, 7) is -1.41. The third kappa shape index (κ3) is 4.73. The second-order valence-electron chi connectivity index (χ2n) is 6.95. The highest BCUT2D eigenvalue weighted by molar-refractivity contribution is 6.06. The van der Waals surface area contributed by atoms with Crippen molar-refractivity contribution in [2.24, 2.45) is 0 Å². The second-order valence-corrected chi connectivity index (χ2v) is 6.95. The first kappa shape index (κ1) is 21.2. The normalized spacial score (nSPS) is 15.8. The van der Waals surface area contributed by atoms with Crippen molar-refractivity contribution in [1.82, 2.24) is 4.90 Å². The summed E-state index contributed by atoms with van der Waals surface area (Å²) in [5.41, 5.74) is 1.33. The zero-order valence-electron chi connectivity index (χ0n) is 16.5. The van der Waals surface area contributed by atoms with Gasteiger partial charge in [0.1, 0.15) is 12.3 Å². The van der Waals surface area contributed by atoms with Gasteiger partial charge in [-0.1, -0.05) is 12.1 Å². The number of fused-ring (bicyclic) bond motifs is 1. The highest BCUT2D eigenvalue weighted by Crippen LogP contribution is 2.31. The molecule has 1 N–H and O–H groups in total. The first-order chi connectivity index (χ1) is 14.3. The summed E-state index contributed by atoms with van der Waals surface area (Å²) in [6, 6.07) is 11.8. The third-order valence-corrected chi connectivity index (χ3v) is 4.67. The standard InChI is InChI=1S/C21H21F2N3O4/c1-13-11-18(27)24-16-5-3-4-6-17(16)26(13)19(28)12-25(2)20(29)14-7-9-15(10-8-14)30-21(22)23/h3-10,13,21H,11-12H2,1-2H3,(H,24,27)/t13-/m1/s1. The molecule has 1 heterocycles. The molecule has 0 spiro atoms. The smallest absolute Gasteiger partial charge is 0.387 e. The van der Waals surface area contributed by atoms with Gasteiger partial charge in [-0.25, -0.2) is 0 Å². The minimum Gasteiger partial charge on any atom is -0.435 e. The minimum atomic E-state index is -2.95. The number of carbonyl (C=O) groups is 3. The highest BCUT2D eigenvalue weighted by atomic mass is 19.3. The molecule has 0 bridgehead atoms. The van der Waals surface area contributed by atoms with Crippen LogP contribution in [-0.2, 0) is 9.59 Å². The quantitative estimate of drug-likeness (QED) is 0.811. The monoisotopic (exact) mass is 417 g/mol. The first-order valence-electron chi connectivity index (χ1n) is 9.27. The molecule has 0 aromatic heterocycles. The van der Waals surface area contributed by atoms with Crippen LogP contribution in [0.4, 0.5) is 20.2 Å². The van der Waals surface area contributed by atoms with Crippen LogP contribution in [0.15, 0.2) is 48.5 Å². The molecule has 158 valence electrons. The van der Waals surface area contributed by atoms with Crippen LogP contribution in [0, 0.1) is 0 Å². The molecule has 2 aromatic rings. The topological polar surface area (TPSA) is 79.0 Å². The van der Waals surface area contributed by atoms with Crippen molar-refractivity contribution in [3.63, 3.8) is 0 Å². The fraction of sp³-hybridized carbons (Fsp3) is 0.286. The predicted molar refractivity (Wildman–Crippen MR) is 107 cm³/mol. The average Bonchev–Trinajstić information content (AvgIpc) is 2.81. The number of anilines is 2. The molecule has 3 rings (SSSR count). The zero-order valence-corrected chi connectivity index (χ0v) is 16.5. The van der Waals surface area contributed by atoms with Crippen LogP contribution in [0.5, 0.6) is 5.75 Å². The van der Waals surface area contributed by atoms with E-state index in [4.69, 9.17) is 0 Å². The molecule has 9 heteroatoms. The van der Waals surface area contributed by atoms with Crippen molar-refractivity contribution in [3.8, 4) is 5.75 Å². The lowest BCUT2D eigenvalue weighted by atomic mass is 10.1. The van der Waals surface area contributed by atoms with Crippen molar-refractivity contribution < 1.29 is 27.9 Å². The fourth-order valence-electron chi connectivity index (χ4n) is 3.32. The lowest BCUT2D eigenvalue weighted by Crippen LogP contribution is -2.45. The van der Waals surface area contributed by atoms with Crippen LogP contribution < -0.4 is 15.0 Å². The number of rotatable bonds is 5. The van der Waals surface area contributed by atoms with Gasteiger partial charge in [0.25, 0.3) is 5.91 Å². The summed E-state index contributed by atoms with van der Waals surface area (Å²) in [6.07, 6.45) is 0.129. The summed E-state index contributed by atoms with van der Waals surface area (Å²) in [5.74, 6) is -1.05. The van der Waals surface area contributed by atoms with Gasteiger partial charge < -0.3 is 19.9 Å². The number of hydrogen-bond acceptors (Lipinski definition) is 4. The number of nitrogens with one attached hydrogen (secondary N) is 1. The molecule has 1 aliphatic rings. The number of nitrogens with zero attached hydrogens (tertiary/aromatic N) is 2. The van der Waals surface area contributed by atoms with Gasteiger partial charge in [0, 0.05) is 25.1 Å². The maximum Gasteiger partial charge on any atom is 0.387 e. The number of para-hydroxylation sites is 2. The fourth-order valence-corrected chi connectivity index (χ4v) is 3.32. The van der Waals surface area contributed by atoms with Crippen LogP contribution in [0.25, 0.3) is 0 Å². The zero-order chi connectivity index (χ0) is 21.8. The largest absolute Gasteiger partial charge is 0.435 e. The Morgan fingerprint density at radius 1 is 1.20 bits per heavy atom. The van der Waals surface area contributed by atoms with Crippen molar-refractivity contribution in [2.75, 3.05) is 23.8 Å². The van der Waals surface area contributed by atoms with Crippen LogP contribution in [0.1, 0.15) is 23.7 Å². The second kappa shape index (κ2) is 8.89. The average molecular weight is 417 g/mol. The molecule has 2 aromatic carbocycles. The van der Waals surface area contributed by atoms with E-state index in [9.17, 15) is 23.2 Å². The van der Waals surface area contributed by atoms with E-state index in [1.807, 2.05) is 0 Å². The summed E-state index contributed by atoms with van der Waals surface area (Å²) < 4.78 is 28.8. The highest BCUT2D eigenvalue weighted by Gasteiger charge is 2.30. The number of alkyl halides is 2. The molecule has 30 heavy (non-hydrogen) atoms. The molecule has 0 fully saturated rings. The molecule has 0 unspecified atom stereocenters. The molecule has 0 saturated carbocycles. The van der Waals surface area contributed by atoms with Crippen LogP contribution in [0.2, 0.25) is 0 Å². The Labute approximate surface area is 172 Å². The molecule has 3 amide bonds. The van der Waals surface area contributed by atoms with Gasteiger partial charge in [0.2, 0.25) is 11.8 Å². The Hall–Kier alpha value is -3.49. The van der Waals surface area contributed by atoms with E-state index in [1.165, 1.54) is 41.1 Å². The summed E-state index contributed by atoms with van der Waals surface area (Å²) >= 11 is 0. The molecular formula is C21H21F2N3O4. The van der Waals surface area contributed by atoms with Crippen molar-refractivity contribution in [3.05, 3.63) is 54.1 Å². The van der Waals surface area contributed by atoms with E-state index >= 15 is 0 Å². The molecule has 0 aliphatic carbocycles. The van der Waals surface area contributed by atoms with Gasteiger partial charge in [-0.05, 0) is 43.3 Å². The van der Waals surface area contributed by atoms with Gasteiger partial charge in [0.05, 0.1) is 11.4 Å². The predicted octanol–water partition coefficient (Wildman–Crippen LogP) is 3.12. The van der Waals surface area contributed by atoms with Gasteiger partial charge in [-0.2, -0.15) is 8.78 Å². The van der Waals surface area contributed by atoms with Crippen molar-refractivity contribution in [2.45, 2.75) is 26.0 Å². The van der Waals surface area contributed by atoms with Crippen molar-refractivity contribution >= 4 is 29.1 Å². The van der Waals surface area contributed by atoms with Crippen LogP contribution >= 0.6 is 0 Å². The maximum absolute atomic E-state index is 13.0. The Morgan fingerprint density at radius 3 is 2.53 bits per heavy atom. The maximum atomic E-state index is 13.0. The number of halogens is 2. The third-order valence-electron chi connectivity index (χ3n) is 4.67. The van der Waals surface area contributed by atoms with E-state index < -0.39 is 18.6 Å². The van der Waals surface area contributed by atoms with Gasteiger partial charge in [-0.15, -0.1) is 0 Å². The van der Waals surface area contributed by atoms with Crippen LogP contribution in [0.3, 0.4) is 0 Å². The molecule has 1 atom stereocenters. The summed E-state index contributed by atoms with van der Waals surface area (Å²) in [7, 11) is 1.47. The molecule has 7 nitrogen and oxygen atoms in total. The van der Waals surface area contributed by atoms with Gasteiger partial charge in [-0.3, -0.25) is 14.4 Å². The molecule has 0 radical (unpaired) electrons. The molecule has 1 aliphatic heterocycles. The molecular weight excluding hydrogens is 396 g/mol. The SMILES string of the molecule is C[C@@H]1CC(=O)Nc2ccccc2N1C(=O)CN(C)C(=O)c1ccc(OC(F)F)cc1. The number of carbonyl (C=O) groups excluding carboxylic acids is 3. The lowest BCUT2D eigenvalue weighted by Gasteiger charge is -2.29. The van der Waals surface area contributed by atoms with E-state index in [1.54, 1.807) is 31.2 Å². The van der Waals surface area contributed by atoms with Gasteiger partial charge >= 0.3 is 6.61 Å². The molecule has 0 saturated heterocycles. The number of hydrogen-bond donors (Lipinski definition) is 1. The number of likely N-dealkylation sites (N-methyl/N-ethyl adjacent to an activating group) is 1. The summed E-state index contributed by atoms with van der Waals surface area (Å²) in [5, 5.41) is 2.78. The summed E-state index contributed by atoms with van der Waals surface area (Å²) in [4.78, 5) is 40.5. The Kier molecular flexibility index (Phi) is 6.29. The van der Waals surface area contributed by atoms with Crippen LogP contribution in [-0.4, -0.2) is 48.9 Å². The van der Waals surface area contributed by atoms with Crippen molar-refractivity contribution in [1.29, 1.82) is 0 Å². The Bertz CT molecular complexity index is 950. The Morgan fingerprint density at radius 2 is 1.87 bits per heavy atom. The van der Waals surface area contributed by atoms with E-state index in [0.29, 0.717) is 11.4 Å². The van der Waals surface area contributed by atoms with E-state index in [-0.39, 0.29) is 36.1 Å². The van der Waals surface area contributed by atoms with E-state index in [2.05, 4.69) is 10.1 Å². The number of ether oxygens (including phenoxy) is 1.